The number of nitrogens with one attached hydrogen (secondary N) is 2. The summed E-state index contributed by atoms with van der Waals surface area (Å²) in [5.74, 6) is -1.45. The lowest BCUT2D eigenvalue weighted by atomic mass is 10.1. The molecule has 1 amide bonds. The molecule has 0 radical (unpaired) electrons. The van der Waals surface area contributed by atoms with E-state index in [9.17, 15) is 39.6 Å². The van der Waals surface area contributed by atoms with E-state index in [4.69, 9.17) is 0 Å². The number of anilines is 1. The van der Waals surface area contributed by atoms with Crippen LogP contribution in [0.25, 0.3) is 0 Å². The standard InChI is InChI=1S/C17H14F6N2O4S/c18-16(19,20)10-24-15(26)9-11-1-3-12(4-2-11)25-30(27,28)14-7-5-13(6-8-14)29-17(21,22)23/h1-8,25H,9-10H2,(H,24,26). The molecule has 2 rings (SSSR count). The number of amides is 1. The van der Waals surface area contributed by atoms with Crippen LogP contribution in [0.1, 0.15) is 5.56 Å². The van der Waals surface area contributed by atoms with Gasteiger partial charge in [-0.25, -0.2) is 8.42 Å². The third-order valence-electron chi connectivity index (χ3n) is 3.42. The zero-order chi connectivity index (χ0) is 22.6. The molecule has 0 saturated heterocycles. The molecule has 0 heterocycles. The van der Waals surface area contributed by atoms with Crippen molar-refractivity contribution in [1.82, 2.24) is 5.32 Å². The van der Waals surface area contributed by atoms with E-state index < -0.39 is 40.8 Å². The molecule has 164 valence electrons. The van der Waals surface area contributed by atoms with E-state index in [0.29, 0.717) is 5.56 Å². The fourth-order valence-corrected chi connectivity index (χ4v) is 3.23. The molecule has 0 aromatic heterocycles. The summed E-state index contributed by atoms with van der Waals surface area (Å²) in [6.45, 7) is -1.46. The quantitative estimate of drug-likeness (QED) is 0.624. The van der Waals surface area contributed by atoms with Gasteiger partial charge in [-0.15, -0.1) is 13.2 Å². The molecule has 2 aromatic rings. The molecule has 30 heavy (non-hydrogen) atoms. The number of alkyl halides is 6. The van der Waals surface area contributed by atoms with Gasteiger partial charge in [0, 0.05) is 5.69 Å². The molecule has 0 spiro atoms. The van der Waals surface area contributed by atoms with Gasteiger partial charge >= 0.3 is 12.5 Å². The zero-order valence-corrected chi connectivity index (χ0v) is 15.7. The molecule has 0 unspecified atom stereocenters. The molecule has 0 atom stereocenters. The zero-order valence-electron chi connectivity index (χ0n) is 14.8. The molecule has 2 N–H and O–H groups in total. The lowest BCUT2D eigenvalue weighted by Crippen LogP contribution is -2.34. The van der Waals surface area contributed by atoms with Crippen LogP contribution in [0.15, 0.2) is 53.4 Å². The van der Waals surface area contributed by atoms with Crippen LogP contribution in [0.5, 0.6) is 5.75 Å². The number of benzene rings is 2. The minimum atomic E-state index is -4.91. The number of ether oxygens (including phenoxy) is 1. The van der Waals surface area contributed by atoms with Gasteiger partial charge in [0.2, 0.25) is 5.91 Å². The van der Waals surface area contributed by atoms with Crippen molar-refractivity contribution in [3.8, 4) is 5.75 Å². The van der Waals surface area contributed by atoms with Crippen LogP contribution in [0.4, 0.5) is 32.0 Å². The summed E-state index contributed by atoms with van der Waals surface area (Å²) in [6.07, 6.45) is -9.79. The van der Waals surface area contributed by atoms with Crippen LogP contribution in [0.3, 0.4) is 0 Å². The highest BCUT2D eigenvalue weighted by atomic mass is 32.2. The van der Waals surface area contributed by atoms with Crippen molar-refractivity contribution in [1.29, 1.82) is 0 Å². The Morgan fingerprint density at radius 3 is 1.97 bits per heavy atom. The Balaban J connectivity index is 1.99. The highest BCUT2D eigenvalue weighted by molar-refractivity contribution is 7.92. The number of carbonyl (C=O) groups is 1. The Kier molecular flexibility index (Phi) is 6.85. The summed E-state index contributed by atoms with van der Waals surface area (Å²) in [5.41, 5.74) is 0.413. The summed E-state index contributed by atoms with van der Waals surface area (Å²) < 4.78 is 103. The molecule has 0 aliphatic carbocycles. The van der Waals surface area contributed by atoms with Crippen molar-refractivity contribution in [2.75, 3.05) is 11.3 Å². The van der Waals surface area contributed by atoms with Crippen molar-refractivity contribution in [3.63, 3.8) is 0 Å². The maximum Gasteiger partial charge on any atom is 0.573 e. The highest BCUT2D eigenvalue weighted by Crippen LogP contribution is 2.25. The van der Waals surface area contributed by atoms with Crippen molar-refractivity contribution in [2.45, 2.75) is 23.9 Å². The maximum atomic E-state index is 12.3. The van der Waals surface area contributed by atoms with Crippen molar-refractivity contribution < 1.29 is 44.3 Å². The first-order valence-electron chi connectivity index (χ1n) is 8.04. The van der Waals surface area contributed by atoms with E-state index in [-0.39, 0.29) is 17.0 Å². The third-order valence-corrected chi connectivity index (χ3v) is 4.82. The number of rotatable bonds is 7. The second-order valence-electron chi connectivity index (χ2n) is 5.89. The maximum absolute atomic E-state index is 12.3. The second kappa shape index (κ2) is 8.81. The van der Waals surface area contributed by atoms with Crippen LogP contribution >= 0.6 is 0 Å². The SMILES string of the molecule is O=C(Cc1ccc(NS(=O)(=O)c2ccc(OC(F)(F)F)cc2)cc1)NCC(F)(F)F. The van der Waals surface area contributed by atoms with E-state index in [0.717, 1.165) is 24.3 Å². The van der Waals surface area contributed by atoms with Gasteiger partial charge in [-0.1, -0.05) is 12.1 Å². The van der Waals surface area contributed by atoms with E-state index in [1.165, 1.54) is 24.3 Å². The summed E-state index contributed by atoms with van der Waals surface area (Å²) >= 11 is 0. The first-order chi connectivity index (χ1) is 13.7. The summed E-state index contributed by atoms with van der Waals surface area (Å²) in [4.78, 5) is 11.1. The van der Waals surface area contributed by atoms with Gasteiger partial charge in [-0.05, 0) is 42.0 Å². The predicted molar refractivity (Wildman–Crippen MR) is 93.1 cm³/mol. The third kappa shape index (κ3) is 7.81. The minimum Gasteiger partial charge on any atom is -0.406 e. The normalized spacial score (nSPS) is 12.3. The van der Waals surface area contributed by atoms with E-state index in [1.807, 2.05) is 0 Å². The largest absolute Gasteiger partial charge is 0.573 e. The molecule has 0 saturated carbocycles. The monoisotopic (exact) mass is 456 g/mol. The van der Waals surface area contributed by atoms with Gasteiger partial charge < -0.3 is 10.1 Å². The fourth-order valence-electron chi connectivity index (χ4n) is 2.17. The van der Waals surface area contributed by atoms with Crippen LogP contribution in [0, 0.1) is 0 Å². The number of halogens is 6. The number of carbonyl (C=O) groups excluding carboxylic acids is 1. The van der Waals surface area contributed by atoms with Gasteiger partial charge in [0.1, 0.15) is 12.3 Å². The molecule has 0 aliphatic rings. The van der Waals surface area contributed by atoms with Crippen molar-refractivity contribution >= 4 is 21.6 Å². The average Bonchev–Trinajstić information content (AvgIpc) is 2.60. The molecular formula is C17H14F6N2O4S. The van der Waals surface area contributed by atoms with E-state index >= 15 is 0 Å². The molecule has 0 aliphatic heterocycles. The number of sulfonamides is 1. The van der Waals surface area contributed by atoms with Crippen molar-refractivity contribution in [2.24, 2.45) is 0 Å². The smallest absolute Gasteiger partial charge is 0.406 e. The van der Waals surface area contributed by atoms with Gasteiger partial charge in [-0.2, -0.15) is 13.2 Å². The Morgan fingerprint density at radius 1 is 0.900 bits per heavy atom. The predicted octanol–water partition coefficient (Wildman–Crippen LogP) is 3.61. The first-order valence-corrected chi connectivity index (χ1v) is 9.53. The topological polar surface area (TPSA) is 84.5 Å². The first kappa shape index (κ1) is 23.3. The van der Waals surface area contributed by atoms with Gasteiger partial charge in [-0.3, -0.25) is 9.52 Å². The molecule has 6 nitrogen and oxygen atoms in total. The lowest BCUT2D eigenvalue weighted by molar-refractivity contribution is -0.274. The Morgan fingerprint density at radius 2 is 1.47 bits per heavy atom. The van der Waals surface area contributed by atoms with Crippen LogP contribution < -0.4 is 14.8 Å². The number of hydrogen-bond acceptors (Lipinski definition) is 4. The minimum absolute atomic E-state index is 0.0741. The molecule has 0 bridgehead atoms. The van der Waals surface area contributed by atoms with Crippen molar-refractivity contribution in [3.05, 3.63) is 54.1 Å². The van der Waals surface area contributed by atoms with Gasteiger partial charge in [0.05, 0.1) is 11.3 Å². The van der Waals surface area contributed by atoms with E-state index in [2.05, 4.69) is 9.46 Å². The summed E-state index contributed by atoms with van der Waals surface area (Å²) in [5, 5.41) is 1.71. The summed E-state index contributed by atoms with van der Waals surface area (Å²) in [7, 11) is -4.13. The Labute approximate surface area is 166 Å². The van der Waals surface area contributed by atoms with E-state index in [1.54, 1.807) is 5.32 Å². The van der Waals surface area contributed by atoms with Crippen LogP contribution in [-0.4, -0.2) is 33.4 Å². The molecule has 2 aromatic carbocycles. The molecule has 0 fully saturated rings. The Hall–Kier alpha value is -2.96. The van der Waals surface area contributed by atoms with Gasteiger partial charge in [0.15, 0.2) is 0 Å². The fraction of sp³-hybridized carbons (Fsp3) is 0.235. The number of hydrogen-bond donors (Lipinski definition) is 2. The highest BCUT2D eigenvalue weighted by Gasteiger charge is 2.31. The van der Waals surface area contributed by atoms with Gasteiger partial charge in [0.25, 0.3) is 10.0 Å². The Bertz CT molecular complexity index is 971. The summed E-state index contributed by atoms with van der Waals surface area (Å²) in [6, 6.07) is 8.76. The lowest BCUT2D eigenvalue weighted by Gasteiger charge is -2.11. The second-order valence-corrected chi connectivity index (χ2v) is 7.57. The average molecular weight is 456 g/mol. The van der Waals surface area contributed by atoms with Crippen LogP contribution in [0.2, 0.25) is 0 Å². The molecule has 13 heteroatoms. The molecular weight excluding hydrogens is 442 g/mol. The van der Waals surface area contributed by atoms with Crippen LogP contribution in [-0.2, 0) is 21.2 Å².